The molecule has 0 radical (unpaired) electrons. The summed E-state index contributed by atoms with van der Waals surface area (Å²) < 4.78 is 26.4. The molecule has 2 aromatic rings. The van der Waals surface area contributed by atoms with Gasteiger partial charge < -0.3 is 19.0 Å². The topological polar surface area (TPSA) is 39.2 Å². The van der Waals surface area contributed by atoms with Crippen molar-refractivity contribution in [1.82, 2.24) is 9.55 Å². The molecule has 2 rings (SSSR count). The first-order valence-corrected chi connectivity index (χ1v) is 6.29. The first-order valence-electron chi connectivity index (χ1n) is 5.88. The standard InChI is InChI=1S/C13H17FN2O2S/c1-13(2,7-17-3)16-10-6-11(18-4)8(14)5-9(10)15-12(16)19/h5-6H,7H2,1-4H3,(H,15,19). The van der Waals surface area contributed by atoms with Crippen LogP contribution in [0.15, 0.2) is 12.1 Å². The summed E-state index contributed by atoms with van der Waals surface area (Å²) in [6.45, 7) is 4.51. The number of benzene rings is 1. The molecule has 0 fully saturated rings. The fraction of sp³-hybridized carbons (Fsp3) is 0.462. The molecule has 1 N–H and O–H groups in total. The highest BCUT2D eigenvalue weighted by Crippen LogP contribution is 2.29. The average molecular weight is 284 g/mol. The Hall–Kier alpha value is -1.40. The number of H-pyrrole nitrogens is 1. The Morgan fingerprint density at radius 2 is 2.05 bits per heavy atom. The maximum Gasteiger partial charge on any atom is 0.178 e. The van der Waals surface area contributed by atoms with Gasteiger partial charge in [0.15, 0.2) is 16.3 Å². The largest absolute Gasteiger partial charge is 0.494 e. The number of hydrogen-bond donors (Lipinski definition) is 1. The molecular weight excluding hydrogens is 267 g/mol. The molecule has 0 unspecified atom stereocenters. The lowest BCUT2D eigenvalue weighted by Gasteiger charge is -2.26. The number of hydrogen-bond acceptors (Lipinski definition) is 3. The number of rotatable bonds is 4. The summed E-state index contributed by atoms with van der Waals surface area (Å²) in [5.74, 6) is -0.216. The van der Waals surface area contributed by atoms with Gasteiger partial charge in [-0.25, -0.2) is 4.39 Å². The van der Waals surface area contributed by atoms with E-state index in [1.165, 1.54) is 13.2 Å². The fourth-order valence-electron chi connectivity index (χ4n) is 2.28. The second kappa shape index (κ2) is 4.94. The van der Waals surface area contributed by atoms with E-state index in [0.717, 1.165) is 5.52 Å². The number of imidazole rings is 1. The van der Waals surface area contributed by atoms with Crippen molar-refractivity contribution in [3.63, 3.8) is 0 Å². The molecule has 0 aliphatic rings. The Bertz CT molecular complexity index is 660. The minimum absolute atomic E-state index is 0.198. The van der Waals surface area contributed by atoms with E-state index in [4.69, 9.17) is 21.7 Å². The second-order valence-electron chi connectivity index (χ2n) is 5.01. The molecular formula is C13H17FN2O2S. The number of aromatic nitrogens is 2. The van der Waals surface area contributed by atoms with Crippen molar-refractivity contribution in [2.75, 3.05) is 20.8 Å². The lowest BCUT2D eigenvalue weighted by atomic mass is 10.1. The molecule has 0 saturated carbocycles. The van der Waals surface area contributed by atoms with Crippen molar-refractivity contribution in [3.05, 3.63) is 22.7 Å². The first-order chi connectivity index (χ1) is 8.90. The summed E-state index contributed by atoms with van der Waals surface area (Å²) in [5, 5.41) is 0. The van der Waals surface area contributed by atoms with Crippen LogP contribution in [0.5, 0.6) is 5.75 Å². The molecule has 0 amide bonds. The number of fused-ring (bicyclic) bond motifs is 1. The molecule has 104 valence electrons. The molecule has 19 heavy (non-hydrogen) atoms. The van der Waals surface area contributed by atoms with Gasteiger partial charge in [-0.1, -0.05) is 0 Å². The summed E-state index contributed by atoms with van der Waals surface area (Å²) in [6.07, 6.45) is 0. The lowest BCUT2D eigenvalue weighted by molar-refractivity contribution is 0.111. The zero-order valence-electron chi connectivity index (χ0n) is 11.4. The fourth-order valence-corrected chi connectivity index (χ4v) is 2.74. The lowest BCUT2D eigenvalue weighted by Crippen LogP contribution is -2.31. The minimum Gasteiger partial charge on any atom is -0.494 e. The number of ether oxygens (including phenoxy) is 2. The molecule has 6 heteroatoms. The van der Waals surface area contributed by atoms with Crippen LogP contribution in [0.4, 0.5) is 4.39 Å². The predicted octanol–water partition coefficient (Wildman–Crippen LogP) is 3.23. The van der Waals surface area contributed by atoms with Crippen LogP contribution in [0.2, 0.25) is 0 Å². The first kappa shape index (κ1) is 14.0. The normalized spacial score (nSPS) is 12.1. The number of methoxy groups -OCH3 is 2. The Morgan fingerprint density at radius 1 is 1.37 bits per heavy atom. The Morgan fingerprint density at radius 3 is 2.63 bits per heavy atom. The van der Waals surface area contributed by atoms with Crippen LogP contribution in [0.25, 0.3) is 11.0 Å². The zero-order chi connectivity index (χ0) is 14.2. The molecule has 0 saturated heterocycles. The van der Waals surface area contributed by atoms with Crippen molar-refractivity contribution in [1.29, 1.82) is 0 Å². The highest BCUT2D eigenvalue weighted by atomic mass is 32.1. The summed E-state index contributed by atoms with van der Waals surface area (Å²) in [5.41, 5.74) is 1.10. The van der Waals surface area contributed by atoms with Crippen LogP contribution in [0.3, 0.4) is 0 Å². The monoisotopic (exact) mass is 284 g/mol. The summed E-state index contributed by atoms with van der Waals surface area (Å²) >= 11 is 5.33. The minimum atomic E-state index is -0.414. The third-order valence-corrected chi connectivity index (χ3v) is 3.34. The molecule has 0 aliphatic carbocycles. The van der Waals surface area contributed by atoms with E-state index >= 15 is 0 Å². The number of halogens is 1. The summed E-state index contributed by atoms with van der Waals surface area (Å²) in [6, 6.07) is 3.04. The molecule has 4 nitrogen and oxygen atoms in total. The van der Waals surface area contributed by atoms with Crippen molar-refractivity contribution in [2.24, 2.45) is 0 Å². The molecule has 0 spiro atoms. The highest BCUT2D eigenvalue weighted by molar-refractivity contribution is 7.71. The molecule has 1 heterocycles. The van der Waals surface area contributed by atoms with Crippen LogP contribution in [-0.2, 0) is 10.3 Å². The van der Waals surface area contributed by atoms with Gasteiger partial charge in [0.05, 0.1) is 30.3 Å². The van der Waals surface area contributed by atoms with Gasteiger partial charge in [0.2, 0.25) is 0 Å². The third kappa shape index (κ3) is 2.37. The van der Waals surface area contributed by atoms with Gasteiger partial charge in [-0.05, 0) is 26.1 Å². The maximum atomic E-state index is 13.7. The highest BCUT2D eigenvalue weighted by Gasteiger charge is 2.24. The van der Waals surface area contributed by atoms with Gasteiger partial charge in [-0.2, -0.15) is 0 Å². The molecule has 0 aliphatic heterocycles. The maximum absolute atomic E-state index is 13.7. The van der Waals surface area contributed by atoms with E-state index in [-0.39, 0.29) is 11.3 Å². The third-order valence-electron chi connectivity index (χ3n) is 3.06. The van der Waals surface area contributed by atoms with E-state index in [1.807, 2.05) is 18.4 Å². The van der Waals surface area contributed by atoms with Crippen LogP contribution < -0.4 is 4.74 Å². The quantitative estimate of drug-likeness (QED) is 0.876. The average Bonchev–Trinajstić information content (AvgIpc) is 2.63. The van der Waals surface area contributed by atoms with Gasteiger partial charge >= 0.3 is 0 Å². The van der Waals surface area contributed by atoms with Gasteiger partial charge in [0.25, 0.3) is 0 Å². The zero-order valence-corrected chi connectivity index (χ0v) is 12.2. The van der Waals surface area contributed by atoms with Gasteiger partial charge in [-0.15, -0.1) is 0 Å². The molecule has 0 atom stereocenters. The van der Waals surface area contributed by atoms with Crippen molar-refractivity contribution in [2.45, 2.75) is 19.4 Å². The van der Waals surface area contributed by atoms with Crippen LogP contribution in [0, 0.1) is 10.6 Å². The predicted molar refractivity (Wildman–Crippen MR) is 74.8 cm³/mol. The van der Waals surface area contributed by atoms with Crippen LogP contribution in [-0.4, -0.2) is 30.4 Å². The van der Waals surface area contributed by atoms with Gasteiger partial charge in [0, 0.05) is 19.2 Å². The number of nitrogens with one attached hydrogen (secondary N) is 1. The molecule has 1 aromatic carbocycles. The SMILES string of the molecule is COCC(C)(C)n1c(=S)[nH]c2cc(F)c(OC)cc21. The summed E-state index contributed by atoms with van der Waals surface area (Å²) in [7, 11) is 3.08. The number of aromatic amines is 1. The van der Waals surface area contributed by atoms with E-state index in [1.54, 1.807) is 13.2 Å². The number of nitrogens with zero attached hydrogens (tertiary/aromatic N) is 1. The Kier molecular flexibility index (Phi) is 3.64. The van der Waals surface area contributed by atoms with Crippen molar-refractivity contribution >= 4 is 23.3 Å². The van der Waals surface area contributed by atoms with Crippen molar-refractivity contribution < 1.29 is 13.9 Å². The van der Waals surface area contributed by atoms with E-state index in [2.05, 4.69) is 4.98 Å². The van der Waals surface area contributed by atoms with Crippen LogP contribution >= 0.6 is 12.2 Å². The molecule has 0 bridgehead atoms. The van der Waals surface area contributed by atoms with E-state index in [0.29, 0.717) is 16.9 Å². The smallest absolute Gasteiger partial charge is 0.178 e. The van der Waals surface area contributed by atoms with E-state index in [9.17, 15) is 4.39 Å². The summed E-state index contributed by atoms with van der Waals surface area (Å²) in [4.78, 5) is 3.01. The Labute approximate surface area is 116 Å². The van der Waals surface area contributed by atoms with Crippen LogP contribution in [0.1, 0.15) is 13.8 Å². The van der Waals surface area contributed by atoms with Gasteiger partial charge in [0.1, 0.15) is 0 Å². The Balaban J connectivity index is 2.74. The second-order valence-corrected chi connectivity index (χ2v) is 5.40. The van der Waals surface area contributed by atoms with Crippen molar-refractivity contribution in [3.8, 4) is 5.75 Å². The van der Waals surface area contributed by atoms with E-state index < -0.39 is 5.82 Å². The van der Waals surface area contributed by atoms with Gasteiger partial charge in [-0.3, -0.25) is 0 Å². The molecule has 1 aromatic heterocycles.